The molecule has 1 rings (SSSR count). The van der Waals surface area contributed by atoms with Gasteiger partial charge < -0.3 is 0 Å². The van der Waals surface area contributed by atoms with Gasteiger partial charge in [0.05, 0.1) is 11.4 Å². The second-order valence-electron chi connectivity index (χ2n) is 1.94. The molecule has 54 valence electrons. The first-order valence-electron chi connectivity index (χ1n) is 3.03. The smallest absolute Gasteiger partial charge is 0.0503 e. The highest BCUT2D eigenvalue weighted by atomic mass is 32.1. The predicted molar refractivity (Wildman–Crippen MR) is 49.6 cm³/mol. The average molecular weight is 171 g/mol. The Balaban J connectivity index is 2.87. The maximum Gasteiger partial charge on any atom is 0.0503 e. The molecular formula is C7H9NS2. The molecule has 3 heteroatoms. The molecule has 0 atom stereocenters. The van der Waals surface area contributed by atoms with E-state index in [1.807, 2.05) is 18.2 Å². The zero-order valence-electron chi connectivity index (χ0n) is 5.49. The third kappa shape index (κ3) is 1.92. The normalized spacial score (nSPS) is 9.80. The highest BCUT2D eigenvalue weighted by Gasteiger charge is 1.91. The van der Waals surface area contributed by atoms with Gasteiger partial charge in [0.1, 0.15) is 0 Å². The van der Waals surface area contributed by atoms with Gasteiger partial charge in [-0.2, -0.15) is 25.3 Å². The van der Waals surface area contributed by atoms with Crippen molar-refractivity contribution in [2.24, 2.45) is 0 Å². The van der Waals surface area contributed by atoms with Gasteiger partial charge in [-0.05, 0) is 12.1 Å². The van der Waals surface area contributed by atoms with Crippen molar-refractivity contribution >= 4 is 25.3 Å². The Hall–Kier alpha value is -0.150. The molecular weight excluding hydrogens is 162 g/mol. The van der Waals surface area contributed by atoms with Crippen LogP contribution in [-0.2, 0) is 11.5 Å². The molecule has 1 aromatic rings. The molecule has 0 aliphatic rings. The summed E-state index contributed by atoms with van der Waals surface area (Å²) in [4.78, 5) is 4.26. The molecule has 0 unspecified atom stereocenters. The first-order chi connectivity index (χ1) is 4.86. The molecule has 0 aliphatic carbocycles. The Labute approximate surface area is 71.7 Å². The predicted octanol–water partition coefficient (Wildman–Crippen LogP) is 1.94. The van der Waals surface area contributed by atoms with Crippen molar-refractivity contribution in [2.45, 2.75) is 11.5 Å². The van der Waals surface area contributed by atoms with Crippen molar-refractivity contribution in [1.82, 2.24) is 4.98 Å². The minimum absolute atomic E-state index is 0.696. The van der Waals surface area contributed by atoms with E-state index >= 15 is 0 Å². The van der Waals surface area contributed by atoms with Crippen LogP contribution >= 0.6 is 25.3 Å². The fourth-order valence-electron chi connectivity index (χ4n) is 0.705. The zero-order chi connectivity index (χ0) is 7.40. The second kappa shape index (κ2) is 3.88. The van der Waals surface area contributed by atoms with E-state index in [9.17, 15) is 0 Å². The lowest BCUT2D eigenvalue weighted by Crippen LogP contribution is -1.89. The highest BCUT2D eigenvalue weighted by Crippen LogP contribution is 2.03. The van der Waals surface area contributed by atoms with Crippen LogP contribution in [0, 0.1) is 0 Å². The Kier molecular flexibility index (Phi) is 3.09. The summed E-state index contributed by atoms with van der Waals surface area (Å²) in [5, 5.41) is 0. The number of hydrogen-bond acceptors (Lipinski definition) is 3. The molecule has 0 aromatic carbocycles. The molecule has 1 heterocycles. The Morgan fingerprint density at radius 3 is 2.00 bits per heavy atom. The van der Waals surface area contributed by atoms with Crippen LogP contribution in [0.5, 0.6) is 0 Å². The van der Waals surface area contributed by atoms with Gasteiger partial charge in [-0.25, -0.2) is 0 Å². The fraction of sp³-hybridized carbons (Fsp3) is 0.286. The van der Waals surface area contributed by atoms with E-state index in [4.69, 9.17) is 0 Å². The monoisotopic (exact) mass is 171 g/mol. The number of nitrogens with zero attached hydrogens (tertiary/aromatic N) is 1. The van der Waals surface area contributed by atoms with Crippen LogP contribution in [-0.4, -0.2) is 4.98 Å². The number of pyridine rings is 1. The topological polar surface area (TPSA) is 12.9 Å². The third-order valence-corrected chi connectivity index (χ3v) is 1.84. The van der Waals surface area contributed by atoms with Crippen molar-refractivity contribution < 1.29 is 0 Å². The Morgan fingerprint density at radius 2 is 1.60 bits per heavy atom. The van der Waals surface area contributed by atoms with Gasteiger partial charge in [-0.3, -0.25) is 4.98 Å². The molecule has 0 N–H and O–H groups in total. The highest BCUT2D eigenvalue weighted by molar-refractivity contribution is 7.79. The van der Waals surface area contributed by atoms with Crippen LogP contribution in [0.25, 0.3) is 0 Å². The molecule has 0 bridgehead atoms. The number of thiol groups is 2. The average Bonchev–Trinajstić information content (AvgIpc) is 2.05. The molecule has 0 spiro atoms. The summed E-state index contributed by atoms with van der Waals surface area (Å²) in [5.41, 5.74) is 2.02. The summed E-state index contributed by atoms with van der Waals surface area (Å²) in [5.74, 6) is 1.39. The number of hydrogen-bond donors (Lipinski definition) is 2. The summed E-state index contributed by atoms with van der Waals surface area (Å²) in [6, 6.07) is 5.89. The van der Waals surface area contributed by atoms with Crippen LogP contribution in [0.1, 0.15) is 11.4 Å². The lowest BCUT2D eigenvalue weighted by molar-refractivity contribution is 1.10. The van der Waals surface area contributed by atoms with Crippen LogP contribution in [0.4, 0.5) is 0 Å². The van der Waals surface area contributed by atoms with E-state index in [0.29, 0.717) is 11.5 Å². The standard InChI is InChI=1S/C7H9NS2/c9-4-6-2-1-3-7(5-10)8-6/h1-3,9-10H,4-5H2. The van der Waals surface area contributed by atoms with Crippen molar-refractivity contribution in [3.63, 3.8) is 0 Å². The summed E-state index contributed by atoms with van der Waals surface area (Å²) in [6.07, 6.45) is 0. The van der Waals surface area contributed by atoms with Crippen molar-refractivity contribution in [3.05, 3.63) is 29.6 Å². The molecule has 0 saturated carbocycles. The molecule has 1 nitrogen and oxygen atoms in total. The van der Waals surface area contributed by atoms with Crippen molar-refractivity contribution in [3.8, 4) is 0 Å². The molecule has 1 aromatic heterocycles. The molecule has 0 fully saturated rings. The number of aromatic nitrogens is 1. The summed E-state index contributed by atoms with van der Waals surface area (Å²) >= 11 is 8.22. The molecule has 10 heavy (non-hydrogen) atoms. The molecule has 0 radical (unpaired) electrons. The van der Waals surface area contributed by atoms with Gasteiger partial charge >= 0.3 is 0 Å². The first-order valence-corrected chi connectivity index (χ1v) is 4.30. The van der Waals surface area contributed by atoms with Gasteiger partial charge in [0.2, 0.25) is 0 Å². The SMILES string of the molecule is SCc1cccc(CS)n1. The van der Waals surface area contributed by atoms with Crippen LogP contribution in [0.2, 0.25) is 0 Å². The van der Waals surface area contributed by atoms with E-state index in [0.717, 1.165) is 11.4 Å². The van der Waals surface area contributed by atoms with Crippen LogP contribution < -0.4 is 0 Å². The summed E-state index contributed by atoms with van der Waals surface area (Å²) < 4.78 is 0. The van der Waals surface area contributed by atoms with Gasteiger partial charge in [-0.15, -0.1) is 0 Å². The quantitative estimate of drug-likeness (QED) is 0.648. The number of rotatable bonds is 2. The molecule has 0 aliphatic heterocycles. The maximum absolute atomic E-state index is 4.26. The maximum atomic E-state index is 4.26. The summed E-state index contributed by atoms with van der Waals surface area (Å²) in [6.45, 7) is 0. The Bertz CT molecular complexity index is 193. The second-order valence-corrected chi connectivity index (χ2v) is 2.57. The largest absolute Gasteiger partial charge is 0.256 e. The van der Waals surface area contributed by atoms with Crippen molar-refractivity contribution in [2.75, 3.05) is 0 Å². The van der Waals surface area contributed by atoms with E-state index in [-0.39, 0.29) is 0 Å². The van der Waals surface area contributed by atoms with Crippen molar-refractivity contribution in [1.29, 1.82) is 0 Å². The van der Waals surface area contributed by atoms with Gasteiger partial charge in [0, 0.05) is 11.5 Å². The van der Waals surface area contributed by atoms with Crippen LogP contribution in [0.3, 0.4) is 0 Å². The van der Waals surface area contributed by atoms with E-state index in [1.54, 1.807) is 0 Å². The molecule has 0 saturated heterocycles. The van der Waals surface area contributed by atoms with Gasteiger partial charge in [0.15, 0.2) is 0 Å². The van der Waals surface area contributed by atoms with E-state index < -0.39 is 0 Å². The minimum Gasteiger partial charge on any atom is -0.256 e. The first kappa shape index (κ1) is 7.95. The Morgan fingerprint density at radius 1 is 1.10 bits per heavy atom. The lowest BCUT2D eigenvalue weighted by Gasteiger charge is -1.97. The molecule has 0 amide bonds. The van der Waals surface area contributed by atoms with Crippen LogP contribution in [0.15, 0.2) is 18.2 Å². The lowest BCUT2D eigenvalue weighted by atomic mass is 10.3. The van der Waals surface area contributed by atoms with E-state index in [2.05, 4.69) is 30.2 Å². The van der Waals surface area contributed by atoms with E-state index in [1.165, 1.54) is 0 Å². The fourth-order valence-corrected chi connectivity index (χ4v) is 1.06. The summed E-state index contributed by atoms with van der Waals surface area (Å²) in [7, 11) is 0. The zero-order valence-corrected chi connectivity index (χ0v) is 7.28. The van der Waals surface area contributed by atoms with Gasteiger partial charge in [0.25, 0.3) is 0 Å². The van der Waals surface area contributed by atoms with Gasteiger partial charge in [-0.1, -0.05) is 6.07 Å². The third-order valence-electron chi connectivity index (χ3n) is 1.19. The minimum atomic E-state index is 0.696.